The van der Waals surface area contributed by atoms with Crippen molar-refractivity contribution in [2.45, 2.75) is 26.8 Å². The zero-order chi connectivity index (χ0) is 23.0. The molecule has 0 radical (unpaired) electrons. The molecule has 0 bridgehead atoms. The third kappa shape index (κ3) is 5.84. The molecule has 0 aliphatic carbocycles. The summed E-state index contributed by atoms with van der Waals surface area (Å²) in [5, 5.41) is 3.56. The molecule has 0 saturated heterocycles. The number of hydrogen-bond acceptors (Lipinski definition) is 10. The van der Waals surface area contributed by atoms with E-state index in [4.69, 9.17) is 23.7 Å². The van der Waals surface area contributed by atoms with E-state index in [1.165, 1.54) is 33.1 Å². The molecule has 31 heavy (non-hydrogen) atoms. The number of aliphatic imine (C=N–C) groups is 1. The highest BCUT2D eigenvalue weighted by atomic mass is 32.2. The Bertz CT molecular complexity index is 857. The van der Waals surface area contributed by atoms with Crippen LogP contribution in [0.25, 0.3) is 0 Å². The van der Waals surface area contributed by atoms with Gasteiger partial charge in [0.15, 0.2) is 16.7 Å². The first-order valence-electron chi connectivity index (χ1n) is 9.71. The summed E-state index contributed by atoms with van der Waals surface area (Å²) < 4.78 is 26.5. The van der Waals surface area contributed by atoms with Crippen LogP contribution in [0.5, 0.6) is 17.2 Å². The van der Waals surface area contributed by atoms with E-state index in [1.54, 1.807) is 32.9 Å². The van der Waals surface area contributed by atoms with E-state index in [0.29, 0.717) is 45.9 Å². The standard InChI is InChI=1S/C21H28N2O7S/c1-7-29-16(24)11-31-21-22-12(3)17(20(25)30-8-2)18(23-21)13-9-14(26-4)19(28-6)15(10-13)27-5/h9-10,18H,7-8,11H2,1-6H3,(H,22,23)/t18-/m0/s1. The topological polar surface area (TPSA) is 105 Å². The van der Waals surface area contributed by atoms with Crippen LogP contribution in [0.15, 0.2) is 28.4 Å². The lowest BCUT2D eigenvalue weighted by Gasteiger charge is -2.26. The van der Waals surface area contributed by atoms with Gasteiger partial charge < -0.3 is 29.0 Å². The van der Waals surface area contributed by atoms with Gasteiger partial charge in [0.2, 0.25) is 5.75 Å². The average molecular weight is 453 g/mol. The summed E-state index contributed by atoms with van der Waals surface area (Å²) >= 11 is 1.19. The van der Waals surface area contributed by atoms with E-state index in [2.05, 4.69) is 10.3 Å². The highest BCUT2D eigenvalue weighted by molar-refractivity contribution is 8.14. The lowest BCUT2D eigenvalue weighted by molar-refractivity contribution is -0.140. The van der Waals surface area contributed by atoms with Crippen LogP contribution in [0.3, 0.4) is 0 Å². The molecule has 0 saturated carbocycles. The number of benzene rings is 1. The van der Waals surface area contributed by atoms with Crippen LogP contribution in [-0.4, -0.2) is 57.4 Å². The molecule has 0 fully saturated rings. The van der Waals surface area contributed by atoms with Crippen LogP contribution in [0.1, 0.15) is 32.4 Å². The predicted molar refractivity (Wildman–Crippen MR) is 118 cm³/mol. The fourth-order valence-electron chi connectivity index (χ4n) is 3.02. The van der Waals surface area contributed by atoms with Crippen LogP contribution >= 0.6 is 11.8 Å². The van der Waals surface area contributed by atoms with Crippen LogP contribution in [0.2, 0.25) is 0 Å². The summed E-state index contributed by atoms with van der Waals surface area (Å²) in [5.41, 5.74) is 1.59. The Kier molecular flexibility index (Phi) is 9.04. The van der Waals surface area contributed by atoms with E-state index in [9.17, 15) is 9.59 Å². The Morgan fingerprint density at radius 1 is 1.03 bits per heavy atom. The van der Waals surface area contributed by atoms with Crippen molar-refractivity contribution in [1.29, 1.82) is 0 Å². The number of esters is 2. The summed E-state index contributed by atoms with van der Waals surface area (Å²) in [7, 11) is 4.54. The molecule has 0 unspecified atom stereocenters. The minimum atomic E-state index is -0.696. The molecular formula is C21H28N2O7S. The number of methoxy groups -OCH3 is 3. The lowest BCUT2D eigenvalue weighted by Crippen LogP contribution is -2.31. The van der Waals surface area contributed by atoms with Gasteiger partial charge >= 0.3 is 11.9 Å². The second kappa shape index (κ2) is 11.5. The molecule has 1 N–H and O–H groups in total. The highest BCUT2D eigenvalue weighted by Crippen LogP contribution is 2.43. The number of nitrogens with zero attached hydrogens (tertiary/aromatic N) is 1. The lowest BCUT2D eigenvalue weighted by atomic mass is 9.96. The fourth-order valence-corrected chi connectivity index (χ4v) is 3.77. The van der Waals surface area contributed by atoms with Gasteiger partial charge in [-0.05, 0) is 38.5 Å². The maximum atomic E-state index is 12.7. The van der Waals surface area contributed by atoms with Crippen molar-refractivity contribution in [3.05, 3.63) is 29.0 Å². The first kappa shape index (κ1) is 24.4. The molecule has 0 aromatic heterocycles. The maximum absolute atomic E-state index is 12.7. The van der Waals surface area contributed by atoms with Gasteiger partial charge in [-0.3, -0.25) is 4.79 Å². The van der Waals surface area contributed by atoms with E-state index < -0.39 is 12.0 Å². The van der Waals surface area contributed by atoms with Crippen molar-refractivity contribution >= 4 is 28.9 Å². The van der Waals surface area contributed by atoms with Gasteiger partial charge in [0.25, 0.3) is 0 Å². The Morgan fingerprint density at radius 3 is 2.16 bits per heavy atom. The quantitative estimate of drug-likeness (QED) is 0.566. The normalized spacial score (nSPS) is 15.5. The molecule has 1 aliphatic heterocycles. The van der Waals surface area contributed by atoms with E-state index in [1.807, 2.05) is 0 Å². The Hall–Kier alpha value is -2.88. The first-order chi connectivity index (χ1) is 14.9. The number of ether oxygens (including phenoxy) is 5. The number of rotatable bonds is 9. The summed E-state index contributed by atoms with van der Waals surface area (Å²) in [6, 6.07) is 2.78. The van der Waals surface area contributed by atoms with Crippen molar-refractivity contribution in [3.8, 4) is 17.2 Å². The number of thioether (sulfide) groups is 1. The number of allylic oxidation sites excluding steroid dienone is 1. The minimum Gasteiger partial charge on any atom is -0.493 e. The number of hydrogen-bond donors (Lipinski definition) is 1. The van der Waals surface area contributed by atoms with Crippen molar-refractivity contribution in [3.63, 3.8) is 0 Å². The first-order valence-corrected chi connectivity index (χ1v) is 10.7. The van der Waals surface area contributed by atoms with Crippen LogP contribution < -0.4 is 19.5 Å². The molecular weight excluding hydrogens is 424 g/mol. The Balaban J connectivity index is 2.51. The summed E-state index contributed by atoms with van der Waals surface area (Å²) in [5.74, 6) is 0.564. The van der Waals surface area contributed by atoms with Crippen molar-refractivity contribution < 1.29 is 33.3 Å². The molecule has 1 atom stereocenters. The zero-order valence-corrected chi connectivity index (χ0v) is 19.4. The smallest absolute Gasteiger partial charge is 0.338 e. The van der Waals surface area contributed by atoms with Crippen molar-refractivity contribution in [2.24, 2.45) is 4.99 Å². The highest BCUT2D eigenvalue weighted by Gasteiger charge is 2.32. The van der Waals surface area contributed by atoms with Crippen molar-refractivity contribution in [2.75, 3.05) is 40.3 Å². The number of nitrogens with one attached hydrogen (secondary N) is 1. The second-order valence-corrected chi connectivity index (χ2v) is 7.24. The van der Waals surface area contributed by atoms with Crippen LogP contribution in [0, 0.1) is 0 Å². The zero-order valence-electron chi connectivity index (χ0n) is 18.6. The number of amidine groups is 1. The van der Waals surface area contributed by atoms with Gasteiger partial charge in [0.1, 0.15) is 6.04 Å². The van der Waals surface area contributed by atoms with Crippen LogP contribution in [0.4, 0.5) is 0 Å². The molecule has 0 spiro atoms. The Labute approximate surface area is 186 Å². The maximum Gasteiger partial charge on any atom is 0.338 e. The molecule has 10 heteroatoms. The third-order valence-electron chi connectivity index (χ3n) is 4.35. The third-order valence-corrected chi connectivity index (χ3v) is 5.21. The van der Waals surface area contributed by atoms with Gasteiger partial charge in [-0.1, -0.05) is 11.8 Å². The monoisotopic (exact) mass is 452 g/mol. The number of carbonyl (C=O) groups is 2. The van der Waals surface area contributed by atoms with Crippen LogP contribution in [-0.2, 0) is 19.1 Å². The van der Waals surface area contributed by atoms with E-state index in [0.717, 1.165) is 0 Å². The molecule has 170 valence electrons. The van der Waals surface area contributed by atoms with Gasteiger partial charge in [-0.2, -0.15) is 0 Å². The van der Waals surface area contributed by atoms with Gasteiger partial charge in [-0.15, -0.1) is 0 Å². The molecule has 1 aliphatic rings. The molecule has 9 nitrogen and oxygen atoms in total. The SMILES string of the molecule is CCOC(=O)CSC1=N[C@@H](c2cc(OC)c(OC)c(OC)c2)C(C(=O)OCC)=C(C)N1. The predicted octanol–water partition coefficient (Wildman–Crippen LogP) is 2.85. The second-order valence-electron chi connectivity index (χ2n) is 6.27. The summed E-state index contributed by atoms with van der Waals surface area (Å²) in [6.07, 6.45) is 0. The molecule has 1 heterocycles. The van der Waals surface area contributed by atoms with Gasteiger partial charge in [-0.25, -0.2) is 9.79 Å². The van der Waals surface area contributed by atoms with Gasteiger partial charge in [0.05, 0.1) is 45.9 Å². The Morgan fingerprint density at radius 2 is 1.65 bits per heavy atom. The molecule has 0 amide bonds. The van der Waals surface area contributed by atoms with E-state index in [-0.39, 0.29) is 18.3 Å². The molecule has 1 aromatic carbocycles. The fraction of sp³-hybridized carbons (Fsp3) is 0.476. The van der Waals surface area contributed by atoms with Crippen molar-refractivity contribution in [1.82, 2.24) is 5.32 Å². The largest absolute Gasteiger partial charge is 0.493 e. The number of carbonyl (C=O) groups excluding carboxylic acids is 2. The average Bonchev–Trinajstić information content (AvgIpc) is 2.76. The summed E-state index contributed by atoms with van der Waals surface area (Å²) in [4.78, 5) is 29.2. The van der Waals surface area contributed by atoms with E-state index >= 15 is 0 Å². The van der Waals surface area contributed by atoms with Gasteiger partial charge in [0, 0.05) is 5.70 Å². The minimum absolute atomic E-state index is 0.0870. The molecule has 2 rings (SSSR count). The summed E-state index contributed by atoms with van der Waals surface area (Å²) in [6.45, 7) is 5.78. The molecule has 1 aromatic rings.